The highest BCUT2D eigenvalue weighted by atomic mass is 16.5. The summed E-state index contributed by atoms with van der Waals surface area (Å²) in [4.78, 5) is 22.4. The Morgan fingerprint density at radius 1 is 0.743 bits per heavy atom. The summed E-state index contributed by atoms with van der Waals surface area (Å²) in [5.41, 5.74) is 6.50. The molecule has 4 rings (SSSR count). The van der Waals surface area contributed by atoms with E-state index in [0.717, 1.165) is 40.2 Å². The monoisotopic (exact) mass is 482 g/mol. The molecule has 8 heteroatoms. The van der Waals surface area contributed by atoms with Crippen molar-refractivity contribution in [2.75, 3.05) is 13.1 Å². The highest BCUT2D eigenvalue weighted by Crippen LogP contribution is 2.31. The number of aliphatic carboxylic acids is 2. The van der Waals surface area contributed by atoms with Gasteiger partial charge in [-0.1, -0.05) is 24.3 Å². The third-order valence-corrected chi connectivity index (χ3v) is 6.79. The number of hydrogen-bond donors (Lipinski definition) is 4. The van der Waals surface area contributed by atoms with E-state index in [2.05, 4.69) is 34.9 Å². The second kappa shape index (κ2) is 10.3. The maximum Gasteiger partial charge on any atom is 0.320 e. The van der Waals surface area contributed by atoms with Crippen LogP contribution in [0.15, 0.2) is 24.3 Å². The molecular formula is C27H34N2O6. The average molecular weight is 483 g/mol. The first kappa shape index (κ1) is 25.0. The van der Waals surface area contributed by atoms with Crippen LogP contribution in [-0.4, -0.2) is 59.5 Å². The summed E-state index contributed by atoms with van der Waals surface area (Å²) in [6.45, 7) is 9.15. The van der Waals surface area contributed by atoms with E-state index in [-0.39, 0.29) is 12.2 Å². The smallest absolute Gasteiger partial charge is 0.320 e. The Balaban J connectivity index is 1.43. The summed E-state index contributed by atoms with van der Waals surface area (Å²) in [5.74, 6) is -0.0300. The Hall–Kier alpha value is -3.10. The summed E-state index contributed by atoms with van der Waals surface area (Å²) in [5, 5.41) is 24.4. The van der Waals surface area contributed by atoms with E-state index in [1.165, 1.54) is 11.1 Å². The predicted molar refractivity (Wildman–Crippen MR) is 132 cm³/mol. The van der Waals surface area contributed by atoms with Gasteiger partial charge < -0.3 is 30.3 Å². The van der Waals surface area contributed by atoms with Crippen molar-refractivity contribution in [1.29, 1.82) is 0 Å². The molecule has 35 heavy (non-hydrogen) atoms. The first-order valence-electron chi connectivity index (χ1n) is 12.1. The van der Waals surface area contributed by atoms with Crippen molar-refractivity contribution in [3.05, 3.63) is 57.6 Å². The van der Waals surface area contributed by atoms with Crippen molar-refractivity contribution < 1.29 is 29.3 Å². The second-order valence-corrected chi connectivity index (χ2v) is 9.84. The van der Waals surface area contributed by atoms with Crippen molar-refractivity contribution in [2.45, 2.75) is 71.2 Å². The van der Waals surface area contributed by atoms with Crippen LogP contribution in [0.4, 0.5) is 0 Å². The van der Waals surface area contributed by atoms with E-state index in [4.69, 9.17) is 9.47 Å². The first-order valence-corrected chi connectivity index (χ1v) is 12.1. The molecule has 2 aromatic rings. The second-order valence-electron chi connectivity index (χ2n) is 9.84. The minimum atomic E-state index is -0.841. The zero-order chi connectivity index (χ0) is 25.3. The molecule has 0 aromatic heterocycles. The van der Waals surface area contributed by atoms with E-state index in [9.17, 15) is 19.8 Å². The highest BCUT2D eigenvalue weighted by molar-refractivity contribution is 5.74. The third-order valence-electron chi connectivity index (χ3n) is 6.79. The van der Waals surface area contributed by atoms with E-state index in [1.54, 1.807) is 0 Å². The topological polar surface area (TPSA) is 117 Å². The summed E-state index contributed by atoms with van der Waals surface area (Å²) in [6.07, 6.45) is 1.37. The maximum absolute atomic E-state index is 11.2. The normalized spacial score (nSPS) is 23.9. The number of carboxylic acid groups (broad SMARTS) is 2. The highest BCUT2D eigenvalue weighted by Gasteiger charge is 2.32. The van der Waals surface area contributed by atoms with E-state index < -0.39 is 24.0 Å². The maximum atomic E-state index is 11.2. The van der Waals surface area contributed by atoms with Crippen LogP contribution in [0.25, 0.3) is 0 Å². The molecule has 0 radical (unpaired) electrons. The van der Waals surface area contributed by atoms with Crippen LogP contribution < -0.4 is 20.1 Å². The van der Waals surface area contributed by atoms with Crippen molar-refractivity contribution in [1.82, 2.24) is 10.6 Å². The van der Waals surface area contributed by atoms with E-state index in [1.807, 2.05) is 27.7 Å². The lowest BCUT2D eigenvalue weighted by Gasteiger charge is -2.20. The molecule has 2 aromatic carbocycles. The lowest BCUT2D eigenvalue weighted by Crippen LogP contribution is -2.30. The number of aryl methyl sites for hydroxylation is 4. The van der Waals surface area contributed by atoms with Gasteiger partial charge in [0.15, 0.2) is 0 Å². The van der Waals surface area contributed by atoms with Crippen molar-refractivity contribution in [3.8, 4) is 11.5 Å². The summed E-state index contributed by atoms with van der Waals surface area (Å²) in [7, 11) is 0. The van der Waals surface area contributed by atoms with Crippen LogP contribution >= 0.6 is 0 Å². The summed E-state index contributed by atoms with van der Waals surface area (Å²) >= 11 is 0. The molecule has 0 unspecified atom stereocenters. The summed E-state index contributed by atoms with van der Waals surface area (Å²) in [6, 6.07) is 7.41. The Morgan fingerprint density at radius 3 is 1.37 bits per heavy atom. The van der Waals surface area contributed by atoms with Gasteiger partial charge in [0.2, 0.25) is 0 Å². The van der Waals surface area contributed by atoms with Gasteiger partial charge in [-0.15, -0.1) is 0 Å². The van der Waals surface area contributed by atoms with Gasteiger partial charge in [0.1, 0.15) is 35.8 Å². The molecule has 0 saturated carbocycles. The third kappa shape index (κ3) is 5.77. The lowest BCUT2D eigenvalue weighted by atomic mass is 9.97. The fourth-order valence-corrected chi connectivity index (χ4v) is 5.19. The minimum absolute atomic E-state index is 0.155. The van der Waals surface area contributed by atoms with Crippen LogP contribution in [0, 0.1) is 27.7 Å². The van der Waals surface area contributed by atoms with Gasteiger partial charge in [-0.25, -0.2) is 0 Å². The van der Waals surface area contributed by atoms with Gasteiger partial charge in [-0.05, 0) is 67.5 Å². The van der Waals surface area contributed by atoms with Crippen LogP contribution in [0.2, 0.25) is 0 Å². The Kier molecular flexibility index (Phi) is 7.33. The van der Waals surface area contributed by atoms with E-state index >= 15 is 0 Å². The fourth-order valence-electron chi connectivity index (χ4n) is 5.19. The molecule has 0 aliphatic carbocycles. The van der Waals surface area contributed by atoms with Crippen molar-refractivity contribution >= 4 is 11.9 Å². The van der Waals surface area contributed by atoms with Crippen LogP contribution in [0.1, 0.15) is 46.2 Å². The molecule has 4 atom stereocenters. The standard InChI is InChI=1S/C27H34N2O6/c1-14-5-18(6-15(2)24(14)34-20-10-22(26(30)31)28-12-20)9-19-7-16(3)25(17(4)8-19)35-21-11-23(27(32)33)29-13-21/h5-8,20-23,28-29H,9-13H2,1-4H3,(H,30,31)(H,32,33)/t20-,21-,22-,23-/m0/s1. The Labute approximate surface area is 205 Å². The van der Waals surface area contributed by atoms with Crippen LogP contribution in [0.5, 0.6) is 11.5 Å². The summed E-state index contributed by atoms with van der Waals surface area (Å²) < 4.78 is 12.4. The van der Waals surface area contributed by atoms with E-state index in [0.29, 0.717) is 25.9 Å². The molecule has 2 aliphatic heterocycles. The molecule has 4 N–H and O–H groups in total. The van der Waals surface area contributed by atoms with Gasteiger partial charge >= 0.3 is 11.9 Å². The number of nitrogens with one attached hydrogen (secondary N) is 2. The van der Waals surface area contributed by atoms with Crippen LogP contribution in [-0.2, 0) is 16.0 Å². The molecule has 0 spiro atoms. The molecular weight excluding hydrogens is 448 g/mol. The largest absolute Gasteiger partial charge is 0.488 e. The zero-order valence-electron chi connectivity index (χ0n) is 20.7. The van der Waals surface area contributed by atoms with Gasteiger partial charge in [0, 0.05) is 25.9 Å². The number of benzene rings is 2. The molecule has 188 valence electrons. The predicted octanol–water partition coefficient (Wildman–Crippen LogP) is 2.90. The molecule has 8 nitrogen and oxygen atoms in total. The fraction of sp³-hybridized carbons (Fsp3) is 0.481. The molecule has 2 aliphatic rings. The molecule has 0 amide bonds. The Morgan fingerprint density at radius 2 is 1.09 bits per heavy atom. The van der Waals surface area contributed by atoms with Crippen molar-refractivity contribution in [2.24, 2.45) is 0 Å². The average Bonchev–Trinajstić information content (AvgIpc) is 3.43. The van der Waals surface area contributed by atoms with Gasteiger partial charge in [0.05, 0.1) is 0 Å². The number of hydrogen-bond acceptors (Lipinski definition) is 6. The molecule has 2 saturated heterocycles. The number of ether oxygens (including phenoxy) is 2. The van der Waals surface area contributed by atoms with Gasteiger partial charge in [-0.2, -0.15) is 0 Å². The molecule has 2 fully saturated rings. The lowest BCUT2D eigenvalue weighted by molar-refractivity contribution is -0.140. The van der Waals surface area contributed by atoms with Gasteiger partial charge in [0.25, 0.3) is 0 Å². The van der Waals surface area contributed by atoms with Crippen molar-refractivity contribution in [3.63, 3.8) is 0 Å². The first-order chi connectivity index (χ1) is 16.6. The number of carboxylic acids is 2. The SMILES string of the molecule is Cc1cc(Cc2cc(C)c(O[C@@H]3CN[C@H](C(=O)O)C3)c(C)c2)cc(C)c1O[C@@H]1CN[C@H](C(=O)O)C1. The zero-order valence-corrected chi connectivity index (χ0v) is 20.7. The number of carbonyl (C=O) groups is 2. The molecule has 2 heterocycles. The quantitative estimate of drug-likeness (QED) is 0.454. The Bertz CT molecular complexity index is 997. The number of rotatable bonds is 8. The van der Waals surface area contributed by atoms with Crippen LogP contribution in [0.3, 0.4) is 0 Å². The van der Waals surface area contributed by atoms with Gasteiger partial charge in [-0.3, -0.25) is 9.59 Å². The minimum Gasteiger partial charge on any atom is -0.488 e. The molecule has 0 bridgehead atoms.